The Morgan fingerprint density at radius 2 is 1.77 bits per heavy atom. The van der Waals surface area contributed by atoms with Crippen molar-refractivity contribution in [1.82, 2.24) is 4.90 Å². The van der Waals surface area contributed by atoms with Crippen molar-refractivity contribution in [1.29, 1.82) is 0 Å². The van der Waals surface area contributed by atoms with Crippen LogP contribution in [-0.4, -0.2) is 71.6 Å². The fraction of sp³-hybridized carbons (Fsp3) is 0.909. The molecule has 0 N–H and O–H groups in total. The van der Waals surface area contributed by atoms with Crippen molar-refractivity contribution in [3.05, 3.63) is 0 Å². The molecule has 3 atom stereocenters. The maximum Gasteiger partial charge on any atom is 0.457 e. The summed E-state index contributed by atoms with van der Waals surface area (Å²) in [4.78, 5) is 27.4. The van der Waals surface area contributed by atoms with Gasteiger partial charge in [0, 0.05) is 17.2 Å². The highest BCUT2D eigenvalue weighted by molar-refractivity contribution is 8.00. The number of likely N-dealkylation sites (tertiary alicyclic amines) is 1. The number of carbonyl (C=O) groups is 2. The number of hydrogen-bond acceptors (Lipinski definition) is 7. The molecule has 0 unspecified atom stereocenters. The Morgan fingerprint density at radius 3 is 2.32 bits per heavy atom. The third kappa shape index (κ3) is 4.74. The third-order valence-corrected chi connectivity index (χ3v) is 8.64. The number of esters is 1. The van der Waals surface area contributed by atoms with E-state index in [-0.39, 0.29) is 35.0 Å². The molecule has 0 aromatic carbocycles. The average Bonchev–Trinajstić information content (AvgIpc) is 3.20. The summed E-state index contributed by atoms with van der Waals surface area (Å²) in [5, 5.41) is 0.197. The Hall–Kier alpha value is -0.925. The normalized spacial score (nSPS) is 31.6. The van der Waals surface area contributed by atoms with E-state index in [2.05, 4.69) is 27.7 Å². The van der Waals surface area contributed by atoms with Gasteiger partial charge < -0.3 is 18.8 Å². The van der Waals surface area contributed by atoms with E-state index in [1.165, 1.54) is 7.11 Å². The highest BCUT2D eigenvalue weighted by Gasteiger charge is 2.62. The molecule has 0 spiro atoms. The summed E-state index contributed by atoms with van der Waals surface area (Å²) in [6, 6.07) is -0.620. The minimum Gasteiger partial charge on any atom is -0.467 e. The van der Waals surface area contributed by atoms with Crippen LogP contribution >= 0.6 is 11.8 Å². The van der Waals surface area contributed by atoms with Crippen molar-refractivity contribution < 1.29 is 28.4 Å². The quantitative estimate of drug-likeness (QED) is 0.456. The van der Waals surface area contributed by atoms with Gasteiger partial charge in [0.2, 0.25) is 0 Å². The summed E-state index contributed by atoms with van der Waals surface area (Å²) < 4.78 is 23.1. The van der Waals surface area contributed by atoms with Gasteiger partial charge in [0.15, 0.2) is 0 Å². The molecule has 3 aliphatic heterocycles. The molecular weight excluding hydrogens is 417 g/mol. The molecule has 0 aromatic heterocycles. The smallest absolute Gasteiger partial charge is 0.457 e. The Balaban J connectivity index is 1.74. The minimum atomic E-state index is -0.620. The number of nitrogens with zero attached hydrogens (tertiary/aromatic N) is 1. The molecule has 0 bridgehead atoms. The molecule has 0 aliphatic carbocycles. The number of rotatable bonds is 5. The molecule has 9 heteroatoms. The summed E-state index contributed by atoms with van der Waals surface area (Å²) in [7, 11) is 1.14. The van der Waals surface area contributed by atoms with E-state index in [1.807, 2.05) is 32.5 Å². The van der Waals surface area contributed by atoms with Gasteiger partial charge in [-0.2, -0.15) is 11.8 Å². The summed E-state index contributed by atoms with van der Waals surface area (Å²) in [5.74, 6) is 0.628. The fourth-order valence-corrected chi connectivity index (χ4v) is 6.68. The maximum absolute atomic E-state index is 12.9. The zero-order chi connectivity index (χ0) is 23.2. The molecule has 3 aliphatic rings. The van der Waals surface area contributed by atoms with Gasteiger partial charge in [-0.3, -0.25) is 4.90 Å². The lowest BCUT2D eigenvalue weighted by Crippen LogP contribution is -2.50. The van der Waals surface area contributed by atoms with Crippen LogP contribution in [0.25, 0.3) is 0 Å². The van der Waals surface area contributed by atoms with Crippen LogP contribution in [-0.2, 0) is 23.6 Å². The van der Waals surface area contributed by atoms with E-state index in [9.17, 15) is 9.59 Å². The van der Waals surface area contributed by atoms with Crippen LogP contribution < -0.4 is 0 Å². The monoisotopic (exact) mass is 455 g/mol. The van der Waals surface area contributed by atoms with Gasteiger partial charge in [0.05, 0.1) is 18.3 Å². The molecule has 7 nitrogen and oxygen atoms in total. The molecule has 176 valence electrons. The maximum atomic E-state index is 12.9. The van der Waals surface area contributed by atoms with Gasteiger partial charge in [-0.15, -0.1) is 0 Å². The van der Waals surface area contributed by atoms with E-state index in [0.29, 0.717) is 6.54 Å². The van der Waals surface area contributed by atoms with Gasteiger partial charge in [-0.25, -0.2) is 9.59 Å². The van der Waals surface area contributed by atoms with Crippen LogP contribution in [0.4, 0.5) is 4.79 Å². The van der Waals surface area contributed by atoms with Crippen molar-refractivity contribution in [2.75, 3.05) is 19.4 Å². The first-order valence-corrected chi connectivity index (χ1v) is 12.3. The molecular formula is C22H38BNO6S. The summed E-state index contributed by atoms with van der Waals surface area (Å²) >= 11 is 1.85. The van der Waals surface area contributed by atoms with Crippen molar-refractivity contribution in [2.24, 2.45) is 5.41 Å². The molecule has 3 saturated heterocycles. The van der Waals surface area contributed by atoms with Crippen LogP contribution in [0, 0.1) is 5.41 Å². The molecule has 31 heavy (non-hydrogen) atoms. The highest BCUT2D eigenvalue weighted by Crippen LogP contribution is 2.55. The number of hydrogen-bond donors (Lipinski definition) is 0. The average molecular weight is 455 g/mol. The van der Waals surface area contributed by atoms with Gasteiger partial charge in [0.1, 0.15) is 11.6 Å². The van der Waals surface area contributed by atoms with E-state index >= 15 is 0 Å². The molecule has 3 fully saturated rings. The second-order valence-corrected chi connectivity index (χ2v) is 12.3. The van der Waals surface area contributed by atoms with Gasteiger partial charge in [0.25, 0.3) is 0 Å². The van der Waals surface area contributed by atoms with Gasteiger partial charge in [-0.1, -0.05) is 6.42 Å². The van der Waals surface area contributed by atoms with Crippen molar-refractivity contribution in [2.45, 2.75) is 102 Å². The first-order valence-electron chi connectivity index (χ1n) is 11.3. The van der Waals surface area contributed by atoms with Crippen LogP contribution in [0.2, 0.25) is 6.32 Å². The zero-order valence-corrected chi connectivity index (χ0v) is 21.1. The lowest BCUT2D eigenvalue weighted by Gasteiger charge is -2.36. The van der Waals surface area contributed by atoms with Crippen molar-refractivity contribution in [3.63, 3.8) is 0 Å². The first kappa shape index (κ1) is 24.7. The summed E-state index contributed by atoms with van der Waals surface area (Å²) in [6.45, 7) is 14.2. The van der Waals surface area contributed by atoms with Gasteiger partial charge >= 0.3 is 19.2 Å². The predicted octanol–water partition coefficient (Wildman–Crippen LogP) is 4.14. The zero-order valence-electron chi connectivity index (χ0n) is 20.3. The van der Waals surface area contributed by atoms with E-state index in [4.69, 9.17) is 18.8 Å². The molecule has 3 heterocycles. The van der Waals surface area contributed by atoms with Gasteiger partial charge in [-0.05, 0) is 73.4 Å². The van der Waals surface area contributed by atoms with Crippen LogP contribution in [0.15, 0.2) is 0 Å². The van der Waals surface area contributed by atoms with E-state index < -0.39 is 17.7 Å². The van der Waals surface area contributed by atoms with Crippen LogP contribution in [0.5, 0.6) is 0 Å². The molecule has 1 amide bonds. The second-order valence-electron chi connectivity index (χ2n) is 11.0. The third-order valence-electron chi connectivity index (χ3n) is 7.18. The number of fused-ring (bicyclic) bond motifs is 1. The van der Waals surface area contributed by atoms with Crippen molar-refractivity contribution >= 4 is 30.9 Å². The first-order chi connectivity index (χ1) is 14.2. The number of ether oxygens (including phenoxy) is 2. The predicted molar refractivity (Wildman–Crippen MR) is 122 cm³/mol. The fourth-order valence-electron chi connectivity index (χ4n) is 4.94. The van der Waals surface area contributed by atoms with E-state index in [0.717, 1.165) is 31.3 Å². The number of thioether (sulfide) groups is 1. The Morgan fingerprint density at radius 1 is 1.16 bits per heavy atom. The number of amides is 1. The lowest BCUT2D eigenvalue weighted by molar-refractivity contribution is -0.149. The van der Waals surface area contributed by atoms with E-state index in [1.54, 1.807) is 4.90 Å². The Bertz CT molecular complexity index is 693. The van der Waals surface area contributed by atoms with Crippen LogP contribution in [0.3, 0.4) is 0 Å². The standard InChI is InChI=1S/C22H38BNO6S/c1-19(2,3)28-18(26)24-14-15-22(11-13-31-15,16(24)17(25)27-8)10-9-12-23-29-20(4,5)21(6,7)30-23/h15-16H,9-14H2,1-8H3/t15-,16+,22-/m0/s1. The van der Waals surface area contributed by atoms with Crippen molar-refractivity contribution in [3.8, 4) is 0 Å². The molecule has 3 rings (SSSR count). The topological polar surface area (TPSA) is 74.3 Å². The number of carbonyl (C=O) groups excluding carboxylic acids is 2. The molecule has 0 saturated carbocycles. The highest BCUT2D eigenvalue weighted by atomic mass is 32.2. The lowest BCUT2D eigenvalue weighted by atomic mass is 9.71. The SMILES string of the molecule is COC(=O)[C@H]1N(C(=O)OC(C)(C)C)C[C@@H]2SCC[C@@]21CCCB1OC(C)(C)C(C)(C)O1. The molecule has 0 radical (unpaired) electrons. The number of methoxy groups -OCH3 is 1. The largest absolute Gasteiger partial charge is 0.467 e. The Labute approximate surface area is 191 Å². The second kappa shape index (κ2) is 8.45. The van der Waals surface area contributed by atoms with Crippen LogP contribution in [0.1, 0.15) is 67.7 Å². The molecule has 0 aromatic rings. The minimum absolute atomic E-state index is 0.197. The summed E-state index contributed by atoms with van der Waals surface area (Å²) in [5.41, 5.74) is -1.63. The Kier molecular flexibility index (Phi) is 6.74. The summed E-state index contributed by atoms with van der Waals surface area (Å²) in [6.07, 6.45) is 2.86.